The number of fused-ring (bicyclic) bond motifs is 1. The maximum absolute atomic E-state index is 9.30. The molecule has 0 aromatic heterocycles. The summed E-state index contributed by atoms with van der Waals surface area (Å²) < 4.78 is 0. The molecule has 0 spiro atoms. The van der Waals surface area contributed by atoms with Gasteiger partial charge in [-0.2, -0.15) is 0 Å². The van der Waals surface area contributed by atoms with E-state index < -0.39 is 0 Å². The molecule has 0 radical (unpaired) electrons. The number of hydrogen-bond donors (Lipinski definition) is 1. The van der Waals surface area contributed by atoms with Gasteiger partial charge in [-0.1, -0.05) is 19.1 Å². The van der Waals surface area contributed by atoms with Crippen LogP contribution in [0.2, 0.25) is 0 Å². The van der Waals surface area contributed by atoms with E-state index in [9.17, 15) is 5.11 Å². The molecule has 0 aliphatic rings. The van der Waals surface area contributed by atoms with Gasteiger partial charge < -0.3 is 10.6 Å². The minimum Gasteiger partial charge on any atom is -0.510 e. The molecule has 2 aromatic rings. The molecule has 3 N–H and O–H groups in total. The van der Waals surface area contributed by atoms with Crippen LogP contribution in [-0.4, -0.2) is 10.6 Å². The fourth-order valence-electron chi connectivity index (χ4n) is 1.41. The van der Waals surface area contributed by atoms with Gasteiger partial charge in [0.05, 0.1) is 5.75 Å². The van der Waals surface area contributed by atoms with Gasteiger partial charge in [0.1, 0.15) is 0 Å². The van der Waals surface area contributed by atoms with E-state index in [0.717, 1.165) is 16.3 Å². The van der Waals surface area contributed by atoms with Crippen LogP contribution in [0.25, 0.3) is 10.8 Å². The first-order valence-corrected chi connectivity index (χ1v) is 3.87. The van der Waals surface area contributed by atoms with Crippen LogP contribution in [0.3, 0.4) is 0 Å². The third-order valence-electron chi connectivity index (χ3n) is 1.95. The number of benzene rings is 2. The first-order valence-electron chi connectivity index (χ1n) is 3.87. The molecule has 2 nitrogen and oxygen atoms in total. The fourth-order valence-corrected chi connectivity index (χ4v) is 1.41. The van der Waals surface area contributed by atoms with Crippen molar-refractivity contribution in [2.24, 2.45) is 0 Å². The zero-order chi connectivity index (χ0) is 8.55. The molecule has 0 unspecified atom stereocenters. The van der Waals surface area contributed by atoms with Crippen LogP contribution in [0.4, 0.5) is 0 Å². The quantitative estimate of drug-likeness (QED) is 0.659. The maximum Gasteiger partial charge on any atom is 0.0976 e. The Morgan fingerprint density at radius 2 is 2.00 bits per heavy atom. The molecule has 0 aliphatic heterocycles. The average molecular weight is 413 g/mol. The zero-order valence-electron chi connectivity index (χ0n) is 7.83. The van der Waals surface area contributed by atoms with Gasteiger partial charge in [0.2, 0.25) is 0 Å². The third-order valence-corrected chi connectivity index (χ3v) is 1.95. The number of aryl methyl sites for hydroxylation is 1. The third kappa shape index (κ3) is 2.51. The molecule has 0 saturated carbocycles. The number of hydrogen-bond acceptors (Lipinski definition) is 1. The predicted molar refractivity (Wildman–Crippen MR) is 52.8 cm³/mol. The molecule has 0 bridgehead atoms. The molecular weight excluding hydrogens is 402 g/mol. The van der Waals surface area contributed by atoms with Crippen LogP contribution in [-0.2, 0) is 0 Å². The van der Waals surface area contributed by atoms with Crippen molar-refractivity contribution in [1.82, 2.24) is 0 Å². The van der Waals surface area contributed by atoms with Gasteiger partial charge in [-0.15, -0.1) is 40.6 Å². The summed E-state index contributed by atoms with van der Waals surface area (Å²) >= 11 is 0. The Balaban J connectivity index is 0.000000845. The molecule has 0 atom stereocenters. The van der Waals surface area contributed by atoms with Crippen molar-refractivity contribution in [3.8, 4) is 5.75 Å². The van der Waals surface area contributed by atoms with Crippen LogP contribution < -0.4 is 0 Å². The molecule has 0 amide bonds. The predicted octanol–water partition coefficient (Wildman–Crippen LogP) is 1.83. The van der Waals surface area contributed by atoms with E-state index in [-0.39, 0.29) is 36.6 Å². The van der Waals surface area contributed by atoms with Gasteiger partial charge in [-0.25, -0.2) is 0 Å². The topological polar surface area (TPSA) is 51.7 Å². The van der Waals surface area contributed by atoms with Crippen LogP contribution in [0.15, 0.2) is 30.3 Å². The van der Waals surface area contributed by atoms with Crippen molar-refractivity contribution in [2.45, 2.75) is 6.92 Å². The fraction of sp³-hybridized carbons (Fsp3) is 0.0909. The molecular formula is C11H11O2U-. The first-order chi connectivity index (χ1) is 5.77. The van der Waals surface area contributed by atoms with Crippen molar-refractivity contribution in [2.75, 3.05) is 0 Å². The molecule has 0 fully saturated rings. The van der Waals surface area contributed by atoms with Crippen LogP contribution in [0.5, 0.6) is 5.75 Å². The van der Waals surface area contributed by atoms with Crippen molar-refractivity contribution >= 4 is 10.8 Å². The summed E-state index contributed by atoms with van der Waals surface area (Å²) in [6, 6.07) is 12.4. The van der Waals surface area contributed by atoms with Gasteiger partial charge in [-0.05, 0) is 0 Å². The normalized spacial score (nSPS) is 8.93. The van der Waals surface area contributed by atoms with Gasteiger partial charge in [0, 0.05) is 31.1 Å². The van der Waals surface area contributed by atoms with E-state index in [1.807, 2.05) is 25.1 Å². The number of phenols is 1. The van der Waals surface area contributed by atoms with E-state index in [2.05, 4.69) is 6.07 Å². The van der Waals surface area contributed by atoms with Crippen LogP contribution in [0, 0.1) is 44.1 Å². The second-order valence-corrected chi connectivity index (χ2v) is 2.90. The molecule has 0 saturated heterocycles. The SMILES string of the molecule is Cc1cc(O)cc2ccc[c-]c12.O.[U]. The van der Waals surface area contributed by atoms with Gasteiger partial charge >= 0.3 is 0 Å². The van der Waals surface area contributed by atoms with Crippen molar-refractivity contribution < 1.29 is 41.7 Å². The number of aromatic hydroxyl groups is 1. The second kappa shape index (κ2) is 5.41. The van der Waals surface area contributed by atoms with Crippen molar-refractivity contribution in [3.63, 3.8) is 0 Å². The molecule has 0 aliphatic carbocycles. The van der Waals surface area contributed by atoms with E-state index in [0.29, 0.717) is 5.75 Å². The summed E-state index contributed by atoms with van der Waals surface area (Å²) in [6.07, 6.45) is 0. The Labute approximate surface area is 107 Å². The van der Waals surface area contributed by atoms with E-state index in [1.165, 1.54) is 0 Å². The Bertz CT molecular complexity index is 427. The molecule has 0 heterocycles. The van der Waals surface area contributed by atoms with E-state index in [1.54, 1.807) is 12.1 Å². The van der Waals surface area contributed by atoms with Crippen molar-refractivity contribution in [3.05, 3.63) is 42.0 Å². The Morgan fingerprint density at radius 3 is 2.71 bits per heavy atom. The number of rotatable bonds is 0. The van der Waals surface area contributed by atoms with Crippen LogP contribution >= 0.6 is 0 Å². The minimum absolute atomic E-state index is 0. The summed E-state index contributed by atoms with van der Waals surface area (Å²) in [5.74, 6) is 0.319. The van der Waals surface area contributed by atoms with Gasteiger partial charge in [-0.3, -0.25) is 0 Å². The van der Waals surface area contributed by atoms with Gasteiger partial charge in [0.25, 0.3) is 0 Å². The van der Waals surface area contributed by atoms with E-state index in [4.69, 9.17) is 0 Å². The standard InChI is InChI=1S/C11H9O.H2O.U/c1-8-6-10(12)7-9-4-2-3-5-11(8)9;;/h2-4,6-7,12H,1H3;1H2;/q-1;;. The smallest absolute Gasteiger partial charge is 0.0976 e. The summed E-state index contributed by atoms with van der Waals surface area (Å²) in [4.78, 5) is 0. The molecule has 2 rings (SSSR count). The summed E-state index contributed by atoms with van der Waals surface area (Å²) in [7, 11) is 0. The Morgan fingerprint density at radius 1 is 1.29 bits per heavy atom. The Hall–Kier alpha value is -0.488. The summed E-state index contributed by atoms with van der Waals surface area (Å²) in [6.45, 7) is 1.97. The average Bonchev–Trinajstić information content (AvgIpc) is 2.04. The van der Waals surface area contributed by atoms with Gasteiger partial charge in [0.15, 0.2) is 0 Å². The number of phenolic OH excluding ortho intramolecular Hbond substituents is 1. The zero-order valence-corrected chi connectivity index (χ0v) is 12.0. The Kier molecular flexibility index (Phi) is 5.22. The maximum atomic E-state index is 9.30. The summed E-state index contributed by atoms with van der Waals surface area (Å²) in [5.41, 5.74) is 1.06. The van der Waals surface area contributed by atoms with Crippen LogP contribution in [0.1, 0.15) is 5.56 Å². The summed E-state index contributed by atoms with van der Waals surface area (Å²) in [5, 5.41) is 11.4. The van der Waals surface area contributed by atoms with Crippen molar-refractivity contribution in [1.29, 1.82) is 0 Å². The minimum atomic E-state index is 0. The first kappa shape index (κ1) is 13.5. The van der Waals surface area contributed by atoms with E-state index >= 15 is 0 Å². The molecule has 2 aromatic carbocycles. The second-order valence-electron chi connectivity index (χ2n) is 2.90. The molecule has 14 heavy (non-hydrogen) atoms. The monoisotopic (exact) mass is 413 g/mol. The molecule has 72 valence electrons. The largest absolute Gasteiger partial charge is 0.510 e. The molecule has 3 heteroatoms.